The van der Waals surface area contributed by atoms with E-state index in [9.17, 15) is 8.42 Å². The largest absolute Gasteiger partial charge is 0.315 e. The molecule has 1 aliphatic rings. The first kappa shape index (κ1) is 15.9. The molecule has 1 rings (SSSR count). The number of sulfonamides is 1. The zero-order chi connectivity index (χ0) is 14.2. The summed E-state index contributed by atoms with van der Waals surface area (Å²) in [6, 6.07) is 0. The molecule has 0 radical (unpaired) electrons. The van der Waals surface area contributed by atoms with E-state index in [4.69, 9.17) is 0 Å². The van der Waals surface area contributed by atoms with Crippen LogP contribution in [0.3, 0.4) is 0 Å². The molecule has 108 valence electrons. The third-order valence-electron chi connectivity index (χ3n) is 3.58. The maximum Gasteiger partial charge on any atom is 0.216 e. The lowest BCUT2D eigenvalue weighted by Gasteiger charge is -2.45. The van der Waals surface area contributed by atoms with Crippen molar-refractivity contribution < 1.29 is 8.42 Å². The van der Waals surface area contributed by atoms with Crippen LogP contribution in [0.15, 0.2) is 0 Å². The van der Waals surface area contributed by atoms with Crippen LogP contribution in [0.25, 0.3) is 0 Å². The highest BCUT2D eigenvalue weighted by molar-refractivity contribution is 7.89. The Kier molecular flexibility index (Phi) is 4.51. The van der Waals surface area contributed by atoms with E-state index >= 15 is 0 Å². The average Bonchev–Trinajstić information content (AvgIpc) is 2.12. The molecule has 5 heteroatoms. The first-order valence-corrected chi connectivity index (χ1v) is 8.22. The summed E-state index contributed by atoms with van der Waals surface area (Å²) in [5.74, 6) is 0. The minimum atomic E-state index is -3.20. The number of hydrogen-bond acceptors (Lipinski definition) is 3. The Balaban J connectivity index is 3.09. The molecule has 0 aromatic carbocycles. The van der Waals surface area contributed by atoms with Crippen LogP contribution in [0, 0.1) is 5.41 Å². The van der Waals surface area contributed by atoms with Crippen LogP contribution < -0.4 is 5.32 Å². The molecule has 0 bridgehead atoms. The summed E-state index contributed by atoms with van der Waals surface area (Å²) in [5.41, 5.74) is -0.219. The van der Waals surface area contributed by atoms with Gasteiger partial charge in [0.1, 0.15) is 0 Å². The topological polar surface area (TPSA) is 49.4 Å². The third-order valence-corrected chi connectivity index (χ3v) is 6.07. The van der Waals surface area contributed by atoms with Crippen molar-refractivity contribution in [2.45, 2.75) is 58.8 Å². The summed E-state index contributed by atoms with van der Waals surface area (Å²) in [6.07, 6.45) is 0.860. The van der Waals surface area contributed by atoms with Gasteiger partial charge in [0, 0.05) is 25.2 Å². The number of rotatable bonds is 2. The predicted octanol–water partition coefficient (Wildman–Crippen LogP) is 1.82. The fourth-order valence-corrected chi connectivity index (χ4v) is 4.57. The van der Waals surface area contributed by atoms with Crippen LogP contribution >= 0.6 is 0 Å². The molecule has 0 aliphatic carbocycles. The molecule has 1 saturated heterocycles. The van der Waals surface area contributed by atoms with Gasteiger partial charge in [0.05, 0.1) is 5.25 Å². The Morgan fingerprint density at radius 1 is 1.17 bits per heavy atom. The molecule has 0 saturated carbocycles. The predicted molar refractivity (Wildman–Crippen MR) is 76.1 cm³/mol. The van der Waals surface area contributed by atoms with Crippen molar-refractivity contribution in [2.75, 3.05) is 19.6 Å². The quantitative estimate of drug-likeness (QED) is 0.837. The summed E-state index contributed by atoms with van der Waals surface area (Å²) in [6.45, 7) is 14.2. The molecular weight excluding hydrogens is 248 g/mol. The lowest BCUT2D eigenvalue weighted by atomic mass is 9.79. The third kappa shape index (κ3) is 3.45. The fraction of sp³-hybridized carbons (Fsp3) is 1.00. The standard InChI is InChI=1S/C13H28N2O2S/c1-11(2)18(16,17)15-8-7-14-10-12(3,4)9-13(15,5)6/h11,14H,7-10H2,1-6H3. The summed E-state index contributed by atoms with van der Waals surface area (Å²) < 4.78 is 26.6. The molecule has 1 N–H and O–H groups in total. The summed E-state index contributed by atoms with van der Waals surface area (Å²) in [4.78, 5) is 0. The molecule has 1 aliphatic heterocycles. The SMILES string of the molecule is CC(C)S(=O)(=O)N1CCNCC(C)(C)CC1(C)C. The van der Waals surface area contributed by atoms with Gasteiger partial charge in [0.15, 0.2) is 0 Å². The molecule has 18 heavy (non-hydrogen) atoms. The second-order valence-electron chi connectivity index (χ2n) is 7.00. The van der Waals surface area contributed by atoms with Gasteiger partial charge in [-0.15, -0.1) is 0 Å². The number of hydrogen-bond donors (Lipinski definition) is 1. The molecule has 1 fully saturated rings. The number of nitrogens with zero attached hydrogens (tertiary/aromatic N) is 1. The van der Waals surface area contributed by atoms with Gasteiger partial charge in [-0.2, -0.15) is 4.31 Å². The van der Waals surface area contributed by atoms with E-state index in [1.807, 2.05) is 13.8 Å². The molecule has 0 aromatic rings. The van der Waals surface area contributed by atoms with Gasteiger partial charge < -0.3 is 5.32 Å². The highest BCUT2D eigenvalue weighted by Crippen LogP contribution is 2.34. The second kappa shape index (κ2) is 5.10. The van der Waals surface area contributed by atoms with Gasteiger partial charge in [-0.3, -0.25) is 0 Å². The van der Waals surface area contributed by atoms with Crippen LogP contribution in [0.4, 0.5) is 0 Å². The first-order valence-electron chi connectivity index (χ1n) is 6.71. The fourth-order valence-electron chi connectivity index (χ4n) is 2.96. The van der Waals surface area contributed by atoms with E-state index in [1.165, 1.54) is 0 Å². The summed E-state index contributed by atoms with van der Waals surface area (Å²) >= 11 is 0. The van der Waals surface area contributed by atoms with Crippen molar-refractivity contribution in [3.8, 4) is 0 Å². The zero-order valence-electron chi connectivity index (χ0n) is 12.6. The first-order chi connectivity index (χ1) is 7.99. The smallest absolute Gasteiger partial charge is 0.216 e. The van der Waals surface area contributed by atoms with E-state index < -0.39 is 10.0 Å². The van der Waals surface area contributed by atoms with E-state index in [0.717, 1.165) is 19.5 Å². The van der Waals surface area contributed by atoms with Crippen LogP contribution in [0.5, 0.6) is 0 Å². The Hall–Kier alpha value is -0.130. The highest BCUT2D eigenvalue weighted by atomic mass is 32.2. The molecular formula is C13H28N2O2S. The van der Waals surface area contributed by atoms with Crippen LogP contribution in [-0.2, 0) is 10.0 Å². The van der Waals surface area contributed by atoms with Crippen LogP contribution in [-0.4, -0.2) is 43.1 Å². The van der Waals surface area contributed by atoms with Gasteiger partial charge in [-0.25, -0.2) is 8.42 Å². The monoisotopic (exact) mass is 276 g/mol. The van der Waals surface area contributed by atoms with Gasteiger partial charge >= 0.3 is 0 Å². The Bertz CT molecular complexity index is 386. The van der Waals surface area contributed by atoms with Crippen molar-refractivity contribution in [2.24, 2.45) is 5.41 Å². The van der Waals surface area contributed by atoms with E-state index in [1.54, 1.807) is 18.2 Å². The molecule has 4 nitrogen and oxygen atoms in total. The lowest BCUT2D eigenvalue weighted by molar-refractivity contribution is 0.124. The van der Waals surface area contributed by atoms with Gasteiger partial charge in [0.25, 0.3) is 0 Å². The van der Waals surface area contributed by atoms with Gasteiger partial charge in [-0.05, 0) is 39.5 Å². The molecule has 1 heterocycles. The van der Waals surface area contributed by atoms with Crippen molar-refractivity contribution in [1.29, 1.82) is 0 Å². The van der Waals surface area contributed by atoms with E-state index in [-0.39, 0.29) is 16.2 Å². The Morgan fingerprint density at radius 3 is 2.22 bits per heavy atom. The maximum atomic E-state index is 12.5. The Morgan fingerprint density at radius 2 is 1.72 bits per heavy atom. The van der Waals surface area contributed by atoms with Crippen LogP contribution in [0.1, 0.15) is 48.0 Å². The molecule has 0 aromatic heterocycles. The maximum absolute atomic E-state index is 12.5. The summed E-state index contributed by atoms with van der Waals surface area (Å²) in [7, 11) is -3.20. The zero-order valence-corrected chi connectivity index (χ0v) is 13.4. The van der Waals surface area contributed by atoms with Crippen molar-refractivity contribution in [3.05, 3.63) is 0 Å². The minimum Gasteiger partial charge on any atom is -0.315 e. The summed E-state index contributed by atoms with van der Waals surface area (Å²) in [5, 5.41) is 2.99. The van der Waals surface area contributed by atoms with Crippen molar-refractivity contribution in [3.63, 3.8) is 0 Å². The van der Waals surface area contributed by atoms with Gasteiger partial charge in [-0.1, -0.05) is 13.8 Å². The van der Waals surface area contributed by atoms with E-state index in [0.29, 0.717) is 6.54 Å². The average molecular weight is 276 g/mol. The minimum absolute atomic E-state index is 0.106. The normalized spacial score (nSPS) is 25.7. The Labute approximate surface area is 112 Å². The molecule has 0 amide bonds. The number of nitrogens with one attached hydrogen (secondary N) is 1. The van der Waals surface area contributed by atoms with Crippen molar-refractivity contribution in [1.82, 2.24) is 9.62 Å². The molecule has 0 atom stereocenters. The van der Waals surface area contributed by atoms with Gasteiger partial charge in [0.2, 0.25) is 10.0 Å². The lowest BCUT2D eigenvalue weighted by Crippen LogP contribution is -2.56. The van der Waals surface area contributed by atoms with Crippen LogP contribution in [0.2, 0.25) is 0 Å². The highest BCUT2D eigenvalue weighted by Gasteiger charge is 2.41. The second-order valence-corrected chi connectivity index (χ2v) is 9.41. The molecule has 0 unspecified atom stereocenters. The molecule has 0 spiro atoms. The van der Waals surface area contributed by atoms with E-state index in [2.05, 4.69) is 19.2 Å². The van der Waals surface area contributed by atoms with Crippen molar-refractivity contribution >= 4 is 10.0 Å².